The minimum Gasteiger partial charge on any atom is -0.355 e. The third-order valence-corrected chi connectivity index (χ3v) is 4.37. The van der Waals surface area contributed by atoms with E-state index in [9.17, 15) is 4.79 Å². The number of hydrogen-bond donors (Lipinski definition) is 2. The van der Waals surface area contributed by atoms with Gasteiger partial charge in [0.1, 0.15) is 12.1 Å². The highest BCUT2D eigenvalue weighted by Gasteiger charge is 2.25. The fraction of sp³-hybridized carbons (Fsp3) is 0.625. The Morgan fingerprint density at radius 1 is 1.25 bits per heavy atom. The van der Waals surface area contributed by atoms with E-state index in [-0.39, 0.29) is 11.8 Å². The molecule has 0 atom stereocenters. The molecule has 3 heterocycles. The van der Waals surface area contributed by atoms with Crippen molar-refractivity contribution < 1.29 is 4.79 Å². The lowest BCUT2D eigenvalue weighted by Gasteiger charge is -2.32. The first-order valence-electron chi connectivity index (χ1n) is 8.68. The average Bonchev–Trinajstić information content (AvgIpc) is 3.09. The van der Waals surface area contributed by atoms with E-state index in [1.807, 2.05) is 12.1 Å². The van der Waals surface area contributed by atoms with Crippen molar-refractivity contribution >= 4 is 17.4 Å². The highest BCUT2D eigenvalue weighted by atomic mass is 16.1. The predicted octanol–water partition coefficient (Wildman–Crippen LogP) is 0.457. The Hall–Kier alpha value is -2.22. The standard InChI is InChI=1S/C16H25N7O/c1-2-7-17-8-9-18-16(24)13-5-10-22(11-6-13)15-4-3-14-20-19-12-23(14)21-15/h3-4,12-13,17H,2,5-11H2,1H3,(H,18,24). The van der Waals surface area contributed by atoms with E-state index < -0.39 is 0 Å². The number of hydrogen-bond acceptors (Lipinski definition) is 6. The minimum absolute atomic E-state index is 0.103. The Morgan fingerprint density at radius 3 is 2.88 bits per heavy atom. The fourth-order valence-corrected chi connectivity index (χ4v) is 2.98. The molecule has 8 nitrogen and oxygen atoms in total. The largest absolute Gasteiger partial charge is 0.355 e. The smallest absolute Gasteiger partial charge is 0.223 e. The summed E-state index contributed by atoms with van der Waals surface area (Å²) in [5, 5.41) is 18.6. The molecule has 0 aliphatic carbocycles. The van der Waals surface area contributed by atoms with Gasteiger partial charge >= 0.3 is 0 Å². The van der Waals surface area contributed by atoms with Gasteiger partial charge in [-0.3, -0.25) is 4.79 Å². The molecule has 0 bridgehead atoms. The van der Waals surface area contributed by atoms with Crippen molar-refractivity contribution in [2.45, 2.75) is 26.2 Å². The monoisotopic (exact) mass is 331 g/mol. The van der Waals surface area contributed by atoms with Gasteiger partial charge in [-0.15, -0.1) is 15.3 Å². The molecule has 2 N–H and O–H groups in total. The average molecular weight is 331 g/mol. The molecule has 0 unspecified atom stereocenters. The molecule has 2 aromatic rings. The van der Waals surface area contributed by atoms with Crippen LogP contribution in [-0.2, 0) is 4.79 Å². The summed E-state index contributed by atoms with van der Waals surface area (Å²) in [4.78, 5) is 14.4. The molecular formula is C16H25N7O. The maximum Gasteiger partial charge on any atom is 0.223 e. The Labute approximate surface area is 141 Å². The van der Waals surface area contributed by atoms with Crippen LogP contribution in [0.2, 0.25) is 0 Å². The Morgan fingerprint density at radius 2 is 2.08 bits per heavy atom. The van der Waals surface area contributed by atoms with Crippen molar-refractivity contribution in [2.24, 2.45) is 5.92 Å². The van der Waals surface area contributed by atoms with E-state index in [0.29, 0.717) is 6.54 Å². The summed E-state index contributed by atoms with van der Waals surface area (Å²) in [6, 6.07) is 3.88. The van der Waals surface area contributed by atoms with Crippen LogP contribution < -0.4 is 15.5 Å². The fourth-order valence-electron chi connectivity index (χ4n) is 2.98. The van der Waals surface area contributed by atoms with Crippen LogP contribution in [0.1, 0.15) is 26.2 Å². The molecule has 1 amide bonds. The van der Waals surface area contributed by atoms with Crippen molar-refractivity contribution in [3.05, 3.63) is 18.5 Å². The quantitative estimate of drug-likeness (QED) is 0.717. The molecule has 8 heteroatoms. The molecule has 0 radical (unpaired) electrons. The molecule has 0 saturated carbocycles. The van der Waals surface area contributed by atoms with Gasteiger partial charge in [0, 0.05) is 32.1 Å². The lowest BCUT2D eigenvalue weighted by Crippen LogP contribution is -2.42. The normalized spacial score (nSPS) is 15.8. The van der Waals surface area contributed by atoms with Gasteiger partial charge in [0.25, 0.3) is 0 Å². The van der Waals surface area contributed by atoms with Crippen LogP contribution in [0.15, 0.2) is 18.5 Å². The molecular weight excluding hydrogens is 306 g/mol. The maximum absolute atomic E-state index is 12.2. The molecule has 1 aliphatic rings. The third kappa shape index (κ3) is 4.00. The summed E-state index contributed by atoms with van der Waals surface area (Å²) in [7, 11) is 0. The van der Waals surface area contributed by atoms with Crippen molar-refractivity contribution in [1.82, 2.24) is 30.4 Å². The zero-order chi connectivity index (χ0) is 16.8. The summed E-state index contributed by atoms with van der Waals surface area (Å²) in [5.74, 6) is 1.19. The van der Waals surface area contributed by atoms with Crippen LogP contribution in [-0.4, -0.2) is 58.4 Å². The SMILES string of the molecule is CCCNCCNC(=O)C1CCN(c2ccc3nncn3n2)CC1. The lowest BCUT2D eigenvalue weighted by atomic mass is 9.96. The second-order valence-electron chi connectivity index (χ2n) is 6.13. The van der Waals surface area contributed by atoms with Gasteiger partial charge in [0.15, 0.2) is 5.65 Å². The minimum atomic E-state index is 0.103. The zero-order valence-corrected chi connectivity index (χ0v) is 14.1. The Balaban J connectivity index is 1.45. The number of nitrogens with zero attached hydrogens (tertiary/aromatic N) is 5. The predicted molar refractivity (Wildman–Crippen MR) is 91.9 cm³/mol. The number of rotatable bonds is 7. The van der Waals surface area contributed by atoms with Crippen molar-refractivity contribution in [3.63, 3.8) is 0 Å². The summed E-state index contributed by atoms with van der Waals surface area (Å²) < 4.78 is 1.68. The van der Waals surface area contributed by atoms with E-state index in [4.69, 9.17) is 0 Å². The van der Waals surface area contributed by atoms with Crippen LogP contribution in [0.4, 0.5) is 5.82 Å². The number of anilines is 1. The van der Waals surface area contributed by atoms with Gasteiger partial charge in [0.2, 0.25) is 5.91 Å². The first-order chi connectivity index (χ1) is 11.8. The third-order valence-electron chi connectivity index (χ3n) is 4.37. The molecule has 0 aromatic carbocycles. The summed E-state index contributed by atoms with van der Waals surface area (Å²) in [5.41, 5.74) is 0.740. The van der Waals surface area contributed by atoms with Crippen LogP contribution in [0.25, 0.3) is 5.65 Å². The van der Waals surface area contributed by atoms with E-state index in [1.165, 1.54) is 0 Å². The van der Waals surface area contributed by atoms with E-state index in [0.717, 1.165) is 56.9 Å². The molecule has 24 heavy (non-hydrogen) atoms. The number of nitrogens with one attached hydrogen (secondary N) is 2. The molecule has 1 fully saturated rings. The second kappa shape index (κ2) is 8.05. The number of piperidine rings is 1. The van der Waals surface area contributed by atoms with E-state index in [1.54, 1.807) is 10.8 Å². The highest BCUT2D eigenvalue weighted by molar-refractivity contribution is 5.78. The van der Waals surface area contributed by atoms with Gasteiger partial charge in [-0.25, -0.2) is 0 Å². The van der Waals surface area contributed by atoms with Crippen molar-refractivity contribution in [2.75, 3.05) is 37.6 Å². The van der Waals surface area contributed by atoms with Crippen molar-refractivity contribution in [3.8, 4) is 0 Å². The van der Waals surface area contributed by atoms with Crippen LogP contribution in [0.3, 0.4) is 0 Å². The molecule has 1 saturated heterocycles. The van der Waals surface area contributed by atoms with E-state index in [2.05, 4.69) is 37.8 Å². The Kier molecular flexibility index (Phi) is 5.58. The van der Waals surface area contributed by atoms with Crippen LogP contribution in [0.5, 0.6) is 0 Å². The second-order valence-corrected chi connectivity index (χ2v) is 6.13. The highest BCUT2D eigenvalue weighted by Crippen LogP contribution is 2.21. The lowest BCUT2D eigenvalue weighted by molar-refractivity contribution is -0.125. The maximum atomic E-state index is 12.2. The number of carbonyl (C=O) groups is 1. The topological polar surface area (TPSA) is 87.5 Å². The van der Waals surface area contributed by atoms with Crippen LogP contribution >= 0.6 is 0 Å². The summed E-state index contributed by atoms with van der Waals surface area (Å²) >= 11 is 0. The molecule has 1 aliphatic heterocycles. The van der Waals surface area contributed by atoms with Crippen LogP contribution in [0, 0.1) is 5.92 Å². The summed E-state index contributed by atoms with van der Waals surface area (Å²) in [6.45, 7) is 6.35. The summed E-state index contributed by atoms with van der Waals surface area (Å²) in [6.07, 6.45) is 4.43. The van der Waals surface area contributed by atoms with Gasteiger partial charge < -0.3 is 15.5 Å². The molecule has 0 spiro atoms. The van der Waals surface area contributed by atoms with Gasteiger partial charge in [0.05, 0.1) is 0 Å². The number of aromatic nitrogens is 4. The van der Waals surface area contributed by atoms with Gasteiger partial charge in [-0.2, -0.15) is 4.52 Å². The van der Waals surface area contributed by atoms with Gasteiger partial charge in [-0.1, -0.05) is 6.92 Å². The van der Waals surface area contributed by atoms with Crippen molar-refractivity contribution in [1.29, 1.82) is 0 Å². The number of amides is 1. The molecule has 2 aromatic heterocycles. The molecule has 130 valence electrons. The number of fused-ring (bicyclic) bond motifs is 1. The first-order valence-corrected chi connectivity index (χ1v) is 8.68. The Bertz CT molecular complexity index is 663. The van der Waals surface area contributed by atoms with Gasteiger partial charge in [-0.05, 0) is 37.9 Å². The van der Waals surface area contributed by atoms with E-state index >= 15 is 0 Å². The molecule has 3 rings (SSSR count). The zero-order valence-electron chi connectivity index (χ0n) is 14.1. The first kappa shape index (κ1) is 16.6. The number of carbonyl (C=O) groups excluding carboxylic acids is 1.